The first-order chi connectivity index (χ1) is 16.1. The van der Waals surface area contributed by atoms with Gasteiger partial charge in [0.05, 0.1) is 12.1 Å². The summed E-state index contributed by atoms with van der Waals surface area (Å²) in [7, 11) is 3.66. The first-order valence-electron chi connectivity index (χ1n) is 11.4. The van der Waals surface area contributed by atoms with E-state index < -0.39 is 17.6 Å². The number of carbonyl (C=O) groups is 1. The molecule has 3 rings (SSSR count). The zero-order chi connectivity index (χ0) is 24.9. The standard InChI is InChI=1S/C25H32F4N4O/c1-4-32-11-10-18-6-5-7-23(21(18)17-32)30-15-24(34)33(13-12-31(2)3)16-19-8-9-20(26)14-22(19)25(27,28)29/h5-9,14,30H,4,10-13,15-17H2,1-3H3. The van der Waals surface area contributed by atoms with Crippen molar-refractivity contribution < 1.29 is 22.4 Å². The molecule has 1 amide bonds. The number of rotatable bonds is 9. The van der Waals surface area contributed by atoms with Gasteiger partial charge in [-0.3, -0.25) is 9.69 Å². The lowest BCUT2D eigenvalue weighted by Gasteiger charge is -2.30. The van der Waals surface area contributed by atoms with Gasteiger partial charge < -0.3 is 15.1 Å². The number of carbonyl (C=O) groups excluding carboxylic acids is 1. The third-order valence-electron chi connectivity index (χ3n) is 6.14. The zero-order valence-electron chi connectivity index (χ0n) is 19.9. The number of alkyl halides is 3. The number of nitrogens with zero attached hydrogens (tertiary/aromatic N) is 3. The van der Waals surface area contributed by atoms with E-state index in [1.54, 1.807) is 0 Å². The van der Waals surface area contributed by atoms with Gasteiger partial charge in [-0.15, -0.1) is 0 Å². The lowest BCUT2D eigenvalue weighted by Crippen LogP contribution is -2.40. The summed E-state index contributed by atoms with van der Waals surface area (Å²) in [5.41, 5.74) is 2.08. The summed E-state index contributed by atoms with van der Waals surface area (Å²) in [5.74, 6) is -1.28. The number of hydrogen-bond donors (Lipinski definition) is 1. The Morgan fingerprint density at radius 2 is 1.91 bits per heavy atom. The smallest absolute Gasteiger partial charge is 0.376 e. The van der Waals surface area contributed by atoms with Crippen molar-refractivity contribution in [3.05, 3.63) is 64.5 Å². The van der Waals surface area contributed by atoms with Crippen molar-refractivity contribution >= 4 is 11.6 Å². The van der Waals surface area contributed by atoms with E-state index in [9.17, 15) is 22.4 Å². The summed E-state index contributed by atoms with van der Waals surface area (Å²) in [6.45, 7) is 5.27. The van der Waals surface area contributed by atoms with Gasteiger partial charge in [-0.25, -0.2) is 4.39 Å². The number of halogens is 4. The first-order valence-corrected chi connectivity index (χ1v) is 11.4. The highest BCUT2D eigenvalue weighted by atomic mass is 19.4. The second-order valence-electron chi connectivity index (χ2n) is 8.83. The van der Waals surface area contributed by atoms with Crippen LogP contribution in [0.1, 0.15) is 29.2 Å². The van der Waals surface area contributed by atoms with Crippen LogP contribution in [0.15, 0.2) is 36.4 Å². The maximum absolute atomic E-state index is 13.5. The van der Waals surface area contributed by atoms with Crippen molar-refractivity contribution in [1.82, 2.24) is 14.7 Å². The molecule has 186 valence electrons. The molecule has 1 aliphatic heterocycles. The lowest BCUT2D eigenvalue weighted by atomic mass is 9.98. The Balaban J connectivity index is 1.77. The normalized spacial score (nSPS) is 14.2. The average Bonchev–Trinajstić information content (AvgIpc) is 2.79. The van der Waals surface area contributed by atoms with Crippen molar-refractivity contribution in [2.75, 3.05) is 52.1 Å². The van der Waals surface area contributed by atoms with Gasteiger partial charge >= 0.3 is 6.18 Å². The molecule has 0 saturated carbocycles. The number of nitrogens with one attached hydrogen (secondary N) is 1. The van der Waals surface area contributed by atoms with Gasteiger partial charge in [0.1, 0.15) is 5.82 Å². The molecule has 2 aromatic carbocycles. The summed E-state index contributed by atoms with van der Waals surface area (Å²) < 4.78 is 54.0. The van der Waals surface area contributed by atoms with Crippen LogP contribution < -0.4 is 5.32 Å². The van der Waals surface area contributed by atoms with Crippen molar-refractivity contribution in [2.24, 2.45) is 0 Å². The Kier molecular flexibility index (Phi) is 8.54. The van der Waals surface area contributed by atoms with E-state index in [0.29, 0.717) is 12.6 Å². The number of likely N-dealkylation sites (N-methyl/N-ethyl adjacent to an activating group) is 2. The Morgan fingerprint density at radius 1 is 1.15 bits per heavy atom. The minimum Gasteiger partial charge on any atom is -0.376 e. The highest BCUT2D eigenvalue weighted by molar-refractivity contribution is 5.81. The predicted octanol–water partition coefficient (Wildman–Crippen LogP) is 4.22. The van der Waals surface area contributed by atoms with Crippen LogP contribution in [0.25, 0.3) is 0 Å². The van der Waals surface area contributed by atoms with Crippen LogP contribution in [0.3, 0.4) is 0 Å². The minimum atomic E-state index is -4.71. The van der Waals surface area contributed by atoms with Gasteiger partial charge in [0.2, 0.25) is 5.91 Å². The van der Waals surface area contributed by atoms with Crippen molar-refractivity contribution in [1.29, 1.82) is 0 Å². The number of fused-ring (bicyclic) bond motifs is 1. The van der Waals surface area contributed by atoms with Gasteiger partial charge in [-0.05, 0) is 62.0 Å². The Hall–Kier alpha value is -2.65. The maximum Gasteiger partial charge on any atom is 0.416 e. The van der Waals surface area contributed by atoms with E-state index in [0.717, 1.165) is 49.4 Å². The van der Waals surface area contributed by atoms with Crippen molar-refractivity contribution in [3.8, 4) is 0 Å². The van der Waals surface area contributed by atoms with E-state index in [1.165, 1.54) is 10.5 Å². The predicted molar refractivity (Wildman–Crippen MR) is 125 cm³/mol. The van der Waals surface area contributed by atoms with E-state index in [1.807, 2.05) is 31.1 Å². The fourth-order valence-electron chi connectivity index (χ4n) is 4.12. The third kappa shape index (κ3) is 6.70. The minimum absolute atomic E-state index is 0.0431. The lowest BCUT2D eigenvalue weighted by molar-refractivity contribution is -0.139. The molecule has 0 atom stereocenters. The largest absolute Gasteiger partial charge is 0.416 e. The number of amides is 1. The van der Waals surface area contributed by atoms with Crippen LogP contribution in [0, 0.1) is 5.82 Å². The molecule has 34 heavy (non-hydrogen) atoms. The van der Waals surface area contributed by atoms with E-state index >= 15 is 0 Å². The third-order valence-corrected chi connectivity index (χ3v) is 6.14. The second kappa shape index (κ2) is 11.2. The van der Waals surface area contributed by atoms with Crippen LogP contribution in [-0.4, -0.2) is 67.4 Å². The van der Waals surface area contributed by atoms with Crippen LogP contribution >= 0.6 is 0 Å². The number of anilines is 1. The summed E-state index contributed by atoms with van der Waals surface area (Å²) in [5, 5.41) is 3.21. The fourth-order valence-corrected chi connectivity index (χ4v) is 4.12. The van der Waals surface area contributed by atoms with Crippen LogP contribution in [-0.2, 0) is 30.5 Å². The van der Waals surface area contributed by atoms with Crippen LogP contribution in [0.2, 0.25) is 0 Å². The molecule has 1 N–H and O–H groups in total. The van der Waals surface area contributed by atoms with Gasteiger partial charge in [-0.1, -0.05) is 25.1 Å². The molecule has 5 nitrogen and oxygen atoms in total. The Morgan fingerprint density at radius 3 is 2.59 bits per heavy atom. The average molecular weight is 481 g/mol. The zero-order valence-corrected chi connectivity index (χ0v) is 19.9. The number of benzene rings is 2. The molecule has 0 spiro atoms. The maximum atomic E-state index is 13.5. The van der Waals surface area contributed by atoms with Gasteiger partial charge in [0.15, 0.2) is 0 Å². The highest BCUT2D eigenvalue weighted by Crippen LogP contribution is 2.33. The molecule has 0 aromatic heterocycles. The molecule has 0 saturated heterocycles. The molecule has 9 heteroatoms. The second-order valence-corrected chi connectivity index (χ2v) is 8.83. The monoisotopic (exact) mass is 480 g/mol. The van der Waals surface area contributed by atoms with Crippen molar-refractivity contribution in [3.63, 3.8) is 0 Å². The summed E-state index contributed by atoms with van der Waals surface area (Å²) in [6, 6.07) is 8.55. The van der Waals surface area contributed by atoms with E-state index in [4.69, 9.17) is 0 Å². The summed E-state index contributed by atoms with van der Waals surface area (Å²) in [4.78, 5) is 18.7. The fraction of sp³-hybridized carbons (Fsp3) is 0.480. The topological polar surface area (TPSA) is 38.8 Å². The van der Waals surface area contributed by atoms with Gasteiger partial charge in [0, 0.05) is 38.4 Å². The van der Waals surface area contributed by atoms with E-state index in [-0.39, 0.29) is 31.1 Å². The Bertz CT molecular complexity index is 993. The molecule has 0 fully saturated rings. The van der Waals surface area contributed by atoms with Crippen LogP contribution in [0.5, 0.6) is 0 Å². The molecule has 2 aromatic rings. The molecule has 1 heterocycles. The SMILES string of the molecule is CCN1CCc2cccc(NCC(=O)N(CCN(C)C)Cc3ccc(F)cc3C(F)(F)F)c2C1. The molecule has 0 aliphatic carbocycles. The quantitative estimate of drug-likeness (QED) is 0.546. The molecule has 0 unspecified atom stereocenters. The number of hydrogen-bond acceptors (Lipinski definition) is 4. The summed E-state index contributed by atoms with van der Waals surface area (Å²) in [6.07, 6.45) is -3.77. The Labute approximate surface area is 198 Å². The van der Waals surface area contributed by atoms with E-state index in [2.05, 4.69) is 23.2 Å². The molecule has 0 radical (unpaired) electrons. The first kappa shape index (κ1) is 26.0. The molecular weight excluding hydrogens is 448 g/mol. The molecular formula is C25H32F4N4O. The molecule has 0 bridgehead atoms. The highest BCUT2D eigenvalue weighted by Gasteiger charge is 2.34. The molecule has 1 aliphatic rings. The van der Waals surface area contributed by atoms with Gasteiger partial charge in [-0.2, -0.15) is 13.2 Å². The van der Waals surface area contributed by atoms with Crippen molar-refractivity contribution in [2.45, 2.75) is 32.6 Å². The summed E-state index contributed by atoms with van der Waals surface area (Å²) >= 11 is 0. The van der Waals surface area contributed by atoms with Crippen LogP contribution in [0.4, 0.5) is 23.2 Å². The van der Waals surface area contributed by atoms with Gasteiger partial charge in [0.25, 0.3) is 0 Å².